The van der Waals surface area contributed by atoms with E-state index in [1.54, 1.807) is 0 Å². The van der Waals surface area contributed by atoms with Gasteiger partial charge < -0.3 is 9.64 Å². The monoisotopic (exact) mass is 169 g/mol. The van der Waals surface area contributed by atoms with Gasteiger partial charge in [0.2, 0.25) is 0 Å². The van der Waals surface area contributed by atoms with E-state index in [1.807, 2.05) is 0 Å². The van der Waals surface area contributed by atoms with Gasteiger partial charge in [-0.3, -0.25) is 0 Å². The van der Waals surface area contributed by atoms with E-state index < -0.39 is 0 Å². The maximum atomic E-state index is 5.65. The maximum absolute atomic E-state index is 5.65. The number of piperidine rings is 1. The molecule has 0 amide bonds. The van der Waals surface area contributed by atoms with Crippen LogP contribution in [0.25, 0.3) is 0 Å². The highest BCUT2D eigenvalue weighted by Gasteiger charge is 2.50. The van der Waals surface area contributed by atoms with Crippen molar-refractivity contribution in [3.8, 4) is 0 Å². The third-order valence-electron chi connectivity index (χ3n) is 3.16. The van der Waals surface area contributed by atoms with Crippen molar-refractivity contribution in [2.75, 3.05) is 20.2 Å². The van der Waals surface area contributed by atoms with E-state index in [-0.39, 0.29) is 0 Å². The molecule has 1 aliphatic heterocycles. The molecule has 1 saturated carbocycles. The smallest absolute Gasteiger partial charge is 0.0628 e. The highest BCUT2D eigenvalue weighted by molar-refractivity contribution is 5.03. The summed E-state index contributed by atoms with van der Waals surface area (Å²) in [5.41, 5.74) is 0. The topological polar surface area (TPSA) is 12.5 Å². The van der Waals surface area contributed by atoms with Crippen molar-refractivity contribution in [1.82, 2.24) is 4.90 Å². The molecule has 1 aliphatic carbocycles. The molecule has 0 aromatic heterocycles. The fourth-order valence-electron chi connectivity index (χ4n) is 2.33. The second-order valence-electron chi connectivity index (χ2n) is 4.55. The number of rotatable bonds is 3. The molecule has 2 aliphatic rings. The van der Waals surface area contributed by atoms with Gasteiger partial charge in [-0.2, -0.15) is 0 Å². The lowest BCUT2D eigenvalue weighted by atomic mass is 10.2. The lowest BCUT2D eigenvalue weighted by molar-refractivity contribution is 0.0357. The molecule has 2 nitrogen and oxygen atoms in total. The number of ether oxygens (including phenoxy) is 1. The van der Waals surface area contributed by atoms with Crippen LogP contribution in [0.4, 0.5) is 0 Å². The zero-order valence-corrected chi connectivity index (χ0v) is 8.29. The normalized spacial score (nSPS) is 40.5. The van der Waals surface area contributed by atoms with E-state index in [4.69, 9.17) is 4.74 Å². The summed E-state index contributed by atoms with van der Waals surface area (Å²) in [5.74, 6) is 1.98. The number of likely N-dealkylation sites (tertiary alicyclic amines) is 1. The van der Waals surface area contributed by atoms with Gasteiger partial charge in [-0.05, 0) is 39.2 Å². The minimum Gasteiger partial charge on any atom is -0.377 e. The van der Waals surface area contributed by atoms with Gasteiger partial charge in [0.05, 0.1) is 12.7 Å². The summed E-state index contributed by atoms with van der Waals surface area (Å²) in [6.07, 6.45) is 1.84. The number of likely N-dealkylation sites (N-methyl/N-ethyl adjacent to an activating group) is 1. The lowest BCUT2D eigenvalue weighted by Crippen LogP contribution is -2.34. The molecular formula is C10H19NO. The summed E-state index contributed by atoms with van der Waals surface area (Å²) < 4.78 is 5.65. The summed E-state index contributed by atoms with van der Waals surface area (Å²) in [6, 6.07) is 0.720. The highest BCUT2D eigenvalue weighted by Crippen LogP contribution is 2.48. The van der Waals surface area contributed by atoms with Crippen molar-refractivity contribution in [3.05, 3.63) is 0 Å². The third kappa shape index (κ3) is 1.50. The molecule has 2 rings (SSSR count). The number of hydrogen-bond acceptors (Lipinski definition) is 2. The van der Waals surface area contributed by atoms with Crippen LogP contribution in [0.15, 0.2) is 0 Å². The van der Waals surface area contributed by atoms with Crippen LogP contribution < -0.4 is 0 Å². The Kier molecular flexibility index (Phi) is 2.13. The van der Waals surface area contributed by atoms with Crippen molar-refractivity contribution in [2.24, 2.45) is 11.8 Å². The number of fused-ring (bicyclic) bond motifs is 1. The van der Waals surface area contributed by atoms with Crippen LogP contribution in [-0.2, 0) is 4.74 Å². The fraction of sp³-hybridized carbons (Fsp3) is 1.00. The molecule has 12 heavy (non-hydrogen) atoms. The first-order valence-electron chi connectivity index (χ1n) is 5.00. The van der Waals surface area contributed by atoms with E-state index in [2.05, 4.69) is 25.8 Å². The Balaban J connectivity index is 1.79. The number of hydrogen-bond donors (Lipinski definition) is 0. The maximum Gasteiger partial charge on any atom is 0.0628 e. The first kappa shape index (κ1) is 8.52. The van der Waals surface area contributed by atoms with E-state index in [1.165, 1.54) is 13.0 Å². The Labute approximate surface area is 74.9 Å². The standard InChI is InChI=1S/C10H19NO/c1-7(2)12-6-10-9-4-8(9)5-11(10)3/h7-10H,4-6H2,1-3H3. The minimum atomic E-state index is 0.385. The average Bonchev–Trinajstić information content (AvgIpc) is 2.62. The molecule has 0 aromatic rings. The van der Waals surface area contributed by atoms with Crippen LogP contribution in [0.5, 0.6) is 0 Å². The molecular weight excluding hydrogens is 150 g/mol. The van der Waals surface area contributed by atoms with E-state index in [0.29, 0.717) is 6.10 Å². The van der Waals surface area contributed by atoms with Crippen LogP contribution in [0.2, 0.25) is 0 Å². The van der Waals surface area contributed by atoms with Crippen LogP contribution in [-0.4, -0.2) is 37.2 Å². The molecule has 1 heterocycles. The van der Waals surface area contributed by atoms with Crippen LogP contribution >= 0.6 is 0 Å². The molecule has 0 spiro atoms. The van der Waals surface area contributed by atoms with Crippen LogP contribution in [0.1, 0.15) is 20.3 Å². The molecule has 3 unspecified atom stereocenters. The van der Waals surface area contributed by atoms with Crippen molar-refractivity contribution < 1.29 is 4.74 Å². The summed E-state index contributed by atoms with van der Waals surface area (Å²) in [5, 5.41) is 0. The third-order valence-corrected chi connectivity index (χ3v) is 3.16. The second kappa shape index (κ2) is 3.00. The largest absolute Gasteiger partial charge is 0.377 e. The lowest BCUT2D eigenvalue weighted by Gasteiger charge is -2.23. The van der Waals surface area contributed by atoms with Gasteiger partial charge in [0.25, 0.3) is 0 Å². The van der Waals surface area contributed by atoms with Gasteiger partial charge in [-0.15, -0.1) is 0 Å². The Morgan fingerprint density at radius 2 is 2.25 bits per heavy atom. The van der Waals surface area contributed by atoms with Crippen molar-refractivity contribution in [3.63, 3.8) is 0 Å². The van der Waals surface area contributed by atoms with Gasteiger partial charge >= 0.3 is 0 Å². The number of nitrogens with zero attached hydrogens (tertiary/aromatic N) is 1. The Bertz CT molecular complexity index is 167. The fourth-order valence-corrected chi connectivity index (χ4v) is 2.33. The molecule has 2 fully saturated rings. The van der Waals surface area contributed by atoms with Crippen molar-refractivity contribution >= 4 is 0 Å². The van der Waals surface area contributed by atoms with Crippen molar-refractivity contribution in [2.45, 2.75) is 32.4 Å². The molecule has 2 heteroatoms. The highest BCUT2D eigenvalue weighted by atomic mass is 16.5. The quantitative estimate of drug-likeness (QED) is 0.632. The van der Waals surface area contributed by atoms with E-state index in [9.17, 15) is 0 Å². The van der Waals surface area contributed by atoms with Crippen LogP contribution in [0.3, 0.4) is 0 Å². The summed E-state index contributed by atoms with van der Waals surface area (Å²) in [6.45, 7) is 6.46. The summed E-state index contributed by atoms with van der Waals surface area (Å²) in [7, 11) is 2.22. The molecule has 70 valence electrons. The average molecular weight is 169 g/mol. The van der Waals surface area contributed by atoms with E-state index in [0.717, 1.165) is 24.5 Å². The van der Waals surface area contributed by atoms with Gasteiger partial charge in [0, 0.05) is 12.6 Å². The molecule has 3 atom stereocenters. The van der Waals surface area contributed by atoms with E-state index >= 15 is 0 Å². The molecule has 0 N–H and O–H groups in total. The summed E-state index contributed by atoms with van der Waals surface area (Å²) >= 11 is 0. The molecule has 0 aromatic carbocycles. The Hall–Kier alpha value is -0.0800. The zero-order valence-electron chi connectivity index (χ0n) is 8.29. The minimum absolute atomic E-state index is 0.385. The first-order chi connectivity index (χ1) is 5.68. The van der Waals surface area contributed by atoms with Gasteiger partial charge in [0.15, 0.2) is 0 Å². The first-order valence-corrected chi connectivity index (χ1v) is 5.00. The van der Waals surface area contributed by atoms with Gasteiger partial charge in [-0.25, -0.2) is 0 Å². The zero-order chi connectivity index (χ0) is 8.72. The second-order valence-corrected chi connectivity index (χ2v) is 4.55. The Morgan fingerprint density at radius 3 is 2.75 bits per heavy atom. The van der Waals surface area contributed by atoms with Crippen molar-refractivity contribution in [1.29, 1.82) is 0 Å². The molecule has 0 radical (unpaired) electrons. The van der Waals surface area contributed by atoms with Gasteiger partial charge in [-0.1, -0.05) is 0 Å². The van der Waals surface area contributed by atoms with Crippen LogP contribution in [0, 0.1) is 11.8 Å². The predicted octanol–water partition coefficient (Wildman–Crippen LogP) is 1.36. The molecule has 0 bridgehead atoms. The molecule has 1 saturated heterocycles. The SMILES string of the molecule is CC(C)OCC1C2CC2CN1C. The Morgan fingerprint density at radius 1 is 1.50 bits per heavy atom. The van der Waals surface area contributed by atoms with Gasteiger partial charge in [0.1, 0.15) is 0 Å². The summed E-state index contributed by atoms with van der Waals surface area (Å²) in [4.78, 5) is 2.46. The predicted molar refractivity (Wildman–Crippen MR) is 49.1 cm³/mol.